The fraction of sp³-hybridized carbons (Fsp3) is 0.500. The molecule has 0 aromatic heterocycles. The van der Waals surface area contributed by atoms with Gasteiger partial charge in [0.25, 0.3) is 0 Å². The van der Waals surface area contributed by atoms with Gasteiger partial charge in [0.2, 0.25) is 5.91 Å². The van der Waals surface area contributed by atoms with Crippen molar-refractivity contribution in [2.24, 2.45) is 11.5 Å². The van der Waals surface area contributed by atoms with E-state index in [0.717, 1.165) is 5.56 Å². The topological polar surface area (TPSA) is 81.6 Å². The summed E-state index contributed by atoms with van der Waals surface area (Å²) in [4.78, 5) is 13.6. The van der Waals surface area contributed by atoms with Crippen LogP contribution in [0, 0.1) is 0 Å². The van der Waals surface area contributed by atoms with Crippen molar-refractivity contribution >= 4 is 5.91 Å². The van der Waals surface area contributed by atoms with Crippen molar-refractivity contribution in [3.63, 3.8) is 0 Å². The van der Waals surface area contributed by atoms with Gasteiger partial charge in [0.05, 0.1) is 19.3 Å². The third-order valence-electron chi connectivity index (χ3n) is 3.49. The van der Waals surface area contributed by atoms with Gasteiger partial charge in [-0.3, -0.25) is 9.69 Å². The highest BCUT2D eigenvalue weighted by molar-refractivity contribution is 5.80. The predicted molar refractivity (Wildman–Crippen MR) is 73.3 cm³/mol. The van der Waals surface area contributed by atoms with Gasteiger partial charge in [-0.05, 0) is 12.5 Å². The third kappa shape index (κ3) is 3.12. The Bertz CT molecular complexity index is 422. The molecule has 19 heavy (non-hydrogen) atoms. The SMILES string of the molecule is CC(N)C(c1ccccc1)N1CCOCC1C(N)=O. The van der Waals surface area contributed by atoms with Crippen molar-refractivity contribution < 1.29 is 9.53 Å². The lowest BCUT2D eigenvalue weighted by molar-refractivity contribution is -0.131. The molecule has 3 unspecified atom stereocenters. The highest BCUT2D eigenvalue weighted by atomic mass is 16.5. The average Bonchev–Trinajstić information content (AvgIpc) is 2.40. The zero-order chi connectivity index (χ0) is 13.8. The Morgan fingerprint density at radius 1 is 1.42 bits per heavy atom. The van der Waals surface area contributed by atoms with Gasteiger partial charge in [-0.25, -0.2) is 0 Å². The number of hydrogen-bond donors (Lipinski definition) is 2. The third-order valence-corrected chi connectivity index (χ3v) is 3.49. The Hall–Kier alpha value is -1.43. The van der Waals surface area contributed by atoms with E-state index in [4.69, 9.17) is 16.2 Å². The zero-order valence-corrected chi connectivity index (χ0v) is 11.2. The second kappa shape index (κ2) is 6.14. The molecule has 0 radical (unpaired) electrons. The van der Waals surface area contributed by atoms with Crippen LogP contribution in [0.5, 0.6) is 0 Å². The number of hydrogen-bond acceptors (Lipinski definition) is 4. The van der Waals surface area contributed by atoms with Crippen molar-refractivity contribution in [1.29, 1.82) is 0 Å². The summed E-state index contributed by atoms with van der Waals surface area (Å²) < 4.78 is 5.36. The van der Waals surface area contributed by atoms with Gasteiger partial charge in [0.15, 0.2) is 0 Å². The maximum absolute atomic E-state index is 11.6. The van der Waals surface area contributed by atoms with E-state index in [0.29, 0.717) is 19.8 Å². The van der Waals surface area contributed by atoms with E-state index < -0.39 is 6.04 Å². The Morgan fingerprint density at radius 3 is 2.68 bits per heavy atom. The van der Waals surface area contributed by atoms with Gasteiger partial charge in [0, 0.05) is 12.6 Å². The smallest absolute Gasteiger partial charge is 0.237 e. The second-order valence-corrected chi connectivity index (χ2v) is 4.95. The van der Waals surface area contributed by atoms with Crippen LogP contribution in [0.25, 0.3) is 0 Å². The Labute approximate surface area is 113 Å². The molecule has 2 rings (SSSR count). The van der Waals surface area contributed by atoms with Gasteiger partial charge >= 0.3 is 0 Å². The first kappa shape index (κ1) is 14.0. The summed E-state index contributed by atoms with van der Waals surface area (Å²) in [6, 6.07) is 9.44. The van der Waals surface area contributed by atoms with Crippen LogP contribution in [-0.2, 0) is 9.53 Å². The molecule has 1 aromatic rings. The first-order chi connectivity index (χ1) is 9.11. The Kier molecular flexibility index (Phi) is 4.52. The number of morpholine rings is 1. The number of carbonyl (C=O) groups is 1. The summed E-state index contributed by atoms with van der Waals surface area (Å²) in [5, 5.41) is 0. The minimum Gasteiger partial charge on any atom is -0.378 e. The van der Waals surface area contributed by atoms with E-state index in [-0.39, 0.29) is 18.0 Å². The van der Waals surface area contributed by atoms with Crippen LogP contribution in [0.4, 0.5) is 0 Å². The van der Waals surface area contributed by atoms with Gasteiger partial charge in [-0.15, -0.1) is 0 Å². The van der Waals surface area contributed by atoms with Gasteiger partial charge in [-0.1, -0.05) is 30.3 Å². The fourth-order valence-electron chi connectivity index (χ4n) is 2.64. The first-order valence-corrected chi connectivity index (χ1v) is 6.54. The summed E-state index contributed by atoms with van der Waals surface area (Å²) in [5.41, 5.74) is 12.7. The van der Waals surface area contributed by atoms with E-state index in [1.807, 2.05) is 37.3 Å². The summed E-state index contributed by atoms with van der Waals surface area (Å²) in [7, 11) is 0. The maximum atomic E-state index is 11.6. The summed E-state index contributed by atoms with van der Waals surface area (Å²) in [6.45, 7) is 3.55. The van der Waals surface area contributed by atoms with Crippen molar-refractivity contribution in [1.82, 2.24) is 4.90 Å². The molecule has 1 aliphatic rings. The number of nitrogens with zero attached hydrogens (tertiary/aromatic N) is 1. The van der Waals surface area contributed by atoms with E-state index in [2.05, 4.69) is 4.90 Å². The van der Waals surface area contributed by atoms with Crippen LogP contribution in [0.1, 0.15) is 18.5 Å². The van der Waals surface area contributed by atoms with Crippen LogP contribution in [0.3, 0.4) is 0 Å². The molecule has 5 heteroatoms. The average molecular weight is 263 g/mol. The zero-order valence-electron chi connectivity index (χ0n) is 11.2. The molecule has 1 fully saturated rings. The second-order valence-electron chi connectivity index (χ2n) is 4.95. The van der Waals surface area contributed by atoms with E-state index >= 15 is 0 Å². The van der Waals surface area contributed by atoms with Crippen LogP contribution in [0.2, 0.25) is 0 Å². The molecule has 1 heterocycles. The number of ether oxygens (including phenoxy) is 1. The van der Waals surface area contributed by atoms with Gasteiger partial charge in [-0.2, -0.15) is 0 Å². The molecule has 1 amide bonds. The molecule has 0 aliphatic carbocycles. The van der Waals surface area contributed by atoms with Gasteiger partial charge < -0.3 is 16.2 Å². The molecular weight excluding hydrogens is 242 g/mol. The summed E-state index contributed by atoms with van der Waals surface area (Å²) in [5.74, 6) is -0.360. The number of nitrogens with two attached hydrogens (primary N) is 2. The molecular formula is C14H21N3O2. The molecule has 1 aliphatic heterocycles. The van der Waals surface area contributed by atoms with Crippen molar-refractivity contribution in [2.45, 2.75) is 25.0 Å². The van der Waals surface area contributed by atoms with Crippen LogP contribution < -0.4 is 11.5 Å². The number of benzene rings is 1. The molecule has 0 saturated carbocycles. The largest absolute Gasteiger partial charge is 0.378 e. The molecule has 4 N–H and O–H groups in total. The minimum absolute atomic E-state index is 0.0254. The predicted octanol–water partition coefficient (Wildman–Crippen LogP) is 0.261. The monoisotopic (exact) mass is 263 g/mol. The van der Waals surface area contributed by atoms with Crippen LogP contribution >= 0.6 is 0 Å². The normalized spacial score (nSPS) is 23.8. The quantitative estimate of drug-likeness (QED) is 0.816. The molecule has 104 valence electrons. The lowest BCUT2D eigenvalue weighted by Gasteiger charge is -2.41. The standard InChI is InChI=1S/C14H21N3O2/c1-10(15)13(11-5-3-2-4-6-11)17-7-8-19-9-12(17)14(16)18/h2-6,10,12-13H,7-9,15H2,1H3,(H2,16,18). The van der Waals surface area contributed by atoms with E-state index in [9.17, 15) is 4.79 Å². The molecule has 3 atom stereocenters. The first-order valence-electron chi connectivity index (χ1n) is 6.54. The molecule has 0 bridgehead atoms. The van der Waals surface area contributed by atoms with Crippen molar-refractivity contribution in [3.05, 3.63) is 35.9 Å². The molecule has 1 aromatic carbocycles. The maximum Gasteiger partial charge on any atom is 0.237 e. The number of amides is 1. The highest BCUT2D eigenvalue weighted by Crippen LogP contribution is 2.27. The lowest BCUT2D eigenvalue weighted by Crippen LogP contribution is -2.56. The molecule has 0 spiro atoms. The minimum atomic E-state index is -0.412. The fourth-order valence-corrected chi connectivity index (χ4v) is 2.64. The van der Waals surface area contributed by atoms with Crippen molar-refractivity contribution in [2.75, 3.05) is 19.8 Å². The van der Waals surface area contributed by atoms with E-state index in [1.165, 1.54) is 0 Å². The Morgan fingerprint density at radius 2 is 2.11 bits per heavy atom. The van der Waals surface area contributed by atoms with Crippen LogP contribution in [0.15, 0.2) is 30.3 Å². The lowest BCUT2D eigenvalue weighted by atomic mass is 9.97. The highest BCUT2D eigenvalue weighted by Gasteiger charge is 2.35. The van der Waals surface area contributed by atoms with E-state index in [1.54, 1.807) is 0 Å². The molecule has 1 saturated heterocycles. The number of primary amides is 1. The summed E-state index contributed by atoms with van der Waals surface area (Å²) in [6.07, 6.45) is 0. The molecule has 5 nitrogen and oxygen atoms in total. The van der Waals surface area contributed by atoms with Crippen molar-refractivity contribution in [3.8, 4) is 0 Å². The van der Waals surface area contributed by atoms with Gasteiger partial charge in [0.1, 0.15) is 6.04 Å². The van der Waals surface area contributed by atoms with Crippen LogP contribution in [-0.4, -0.2) is 42.6 Å². The number of carbonyl (C=O) groups excluding carboxylic acids is 1. The summed E-state index contributed by atoms with van der Waals surface area (Å²) >= 11 is 0. The Balaban J connectivity index is 2.30. The number of rotatable bonds is 4.